The predicted molar refractivity (Wildman–Crippen MR) is 123 cm³/mol. The minimum absolute atomic E-state index is 0.0380. The maximum Gasteiger partial charge on any atom is 0.226 e. The van der Waals surface area contributed by atoms with Crippen molar-refractivity contribution in [2.24, 2.45) is 0 Å². The summed E-state index contributed by atoms with van der Waals surface area (Å²) in [6.07, 6.45) is 1.18. The van der Waals surface area contributed by atoms with E-state index in [1.807, 2.05) is 61.7 Å². The Labute approximate surface area is 187 Å². The van der Waals surface area contributed by atoms with Crippen molar-refractivity contribution in [3.05, 3.63) is 59.1 Å². The number of carbonyl (C=O) groups is 1. The fourth-order valence-electron chi connectivity index (χ4n) is 3.07. The molecule has 1 aromatic heterocycles. The number of benzene rings is 2. The molecular weight excluding hydrogens is 412 g/mol. The highest BCUT2D eigenvalue weighted by Crippen LogP contribution is 2.33. The van der Waals surface area contributed by atoms with Crippen LogP contribution in [0.15, 0.2) is 47.8 Å². The van der Waals surface area contributed by atoms with Crippen LogP contribution in [0.4, 0.5) is 0 Å². The van der Waals surface area contributed by atoms with E-state index in [1.165, 1.54) is 11.3 Å². The lowest BCUT2D eigenvalue weighted by Gasteiger charge is -2.10. The number of aromatic nitrogens is 1. The monoisotopic (exact) mass is 440 g/mol. The summed E-state index contributed by atoms with van der Waals surface area (Å²) in [7, 11) is 3.21. The molecule has 3 rings (SSSR count). The maximum atomic E-state index is 12.3. The van der Waals surface area contributed by atoms with Gasteiger partial charge in [0.15, 0.2) is 11.5 Å². The summed E-state index contributed by atoms with van der Waals surface area (Å²) >= 11 is 1.50. The largest absolute Gasteiger partial charge is 0.493 e. The molecule has 31 heavy (non-hydrogen) atoms. The van der Waals surface area contributed by atoms with E-state index < -0.39 is 0 Å². The predicted octanol–water partition coefficient (Wildman–Crippen LogP) is 4.52. The number of methoxy groups -OCH3 is 2. The highest BCUT2D eigenvalue weighted by atomic mass is 32.1. The lowest BCUT2D eigenvalue weighted by Crippen LogP contribution is -2.27. The van der Waals surface area contributed by atoms with Gasteiger partial charge in [0.2, 0.25) is 5.91 Å². The van der Waals surface area contributed by atoms with Crippen LogP contribution in [-0.2, 0) is 17.6 Å². The number of rotatable bonds is 10. The molecule has 0 unspecified atom stereocenters. The first-order chi connectivity index (χ1) is 15.0. The van der Waals surface area contributed by atoms with E-state index >= 15 is 0 Å². The highest BCUT2D eigenvalue weighted by Gasteiger charge is 2.12. The molecule has 3 aromatic rings. The molecule has 0 aliphatic heterocycles. The molecule has 0 fully saturated rings. The average Bonchev–Trinajstić information content (AvgIpc) is 3.22. The number of hydrogen-bond acceptors (Lipinski definition) is 6. The van der Waals surface area contributed by atoms with E-state index in [4.69, 9.17) is 14.2 Å². The van der Waals surface area contributed by atoms with Gasteiger partial charge >= 0.3 is 0 Å². The van der Waals surface area contributed by atoms with Gasteiger partial charge in [-0.3, -0.25) is 4.79 Å². The van der Waals surface area contributed by atoms with E-state index in [0.29, 0.717) is 18.0 Å². The molecular formula is C24H28N2O4S. The molecule has 164 valence electrons. The lowest BCUT2D eigenvalue weighted by atomic mass is 10.1. The van der Waals surface area contributed by atoms with Crippen LogP contribution in [0.2, 0.25) is 0 Å². The van der Waals surface area contributed by atoms with E-state index in [0.717, 1.165) is 34.0 Å². The van der Waals surface area contributed by atoms with Gasteiger partial charge in [0.25, 0.3) is 0 Å². The Balaban J connectivity index is 1.50. The molecule has 0 saturated heterocycles. The normalized spacial score (nSPS) is 10.7. The van der Waals surface area contributed by atoms with Crippen LogP contribution in [0.25, 0.3) is 10.6 Å². The Morgan fingerprint density at radius 2 is 1.81 bits per heavy atom. The van der Waals surface area contributed by atoms with Gasteiger partial charge in [-0.25, -0.2) is 4.98 Å². The number of carbonyl (C=O) groups excluding carboxylic acids is 1. The molecule has 1 heterocycles. The molecule has 0 aliphatic carbocycles. The van der Waals surface area contributed by atoms with Crippen molar-refractivity contribution in [3.8, 4) is 27.8 Å². The van der Waals surface area contributed by atoms with Gasteiger partial charge < -0.3 is 19.5 Å². The molecule has 0 radical (unpaired) electrons. The molecule has 0 aliphatic rings. The van der Waals surface area contributed by atoms with Gasteiger partial charge in [0.05, 0.1) is 32.4 Å². The van der Waals surface area contributed by atoms with Gasteiger partial charge in [0.1, 0.15) is 10.8 Å². The summed E-state index contributed by atoms with van der Waals surface area (Å²) in [6, 6.07) is 13.6. The molecule has 0 atom stereocenters. The Bertz CT molecular complexity index is 999. The van der Waals surface area contributed by atoms with E-state index in [1.54, 1.807) is 14.2 Å². The first-order valence-corrected chi connectivity index (χ1v) is 11.1. The molecule has 1 amide bonds. The number of amides is 1. The van der Waals surface area contributed by atoms with Gasteiger partial charge in [-0.05, 0) is 56.2 Å². The van der Waals surface area contributed by atoms with Gasteiger partial charge in [-0.2, -0.15) is 0 Å². The Morgan fingerprint density at radius 3 is 2.48 bits per heavy atom. The first-order valence-electron chi connectivity index (χ1n) is 10.2. The summed E-state index contributed by atoms with van der Waals surface area (Å²) in [5, 5.41) is 5.72. The molecule has 0 bridgehead atoms. The minimum Gasteiger partial charge on any atom is -0.493 e. The minimum atomic E-state index is -0.0380. The summed E-state index contributed by atoms with van der Waals surface area (Å²) in [5.74, 6) is 2.14. The van der Waals surface area contributed by atoms with Crippen LogP contribution in [0.1, 0.15) is 25.1 Å². The number of nitrogens with one attached hydrogen (secondary N) is 1. The van der Waals surface area contributed by atoms with Gasteiger partial charge in [-0.15, -0.1) is 11.3 Å². The SMILES string of the molecule is COc1ccc(-c2nc(CC(=O)NCCc3ccc(OC(C)C)cc3)cs2)cc1OC. The fourth-order valence-corrected chi connectivity index (χ4v) is 3.89. The second kappa shape index (κ2) is 10.8. The average molecular weight is 441 g/mol. The lowest BCUT2D eigenvalue weighted by molar-refractivity contribution is -0.120. The van der Waals surface area contributed by atoms with Crippen molar-refractivity contribution in [1.29, 1.82) is 0 Å². The van der Waals surface area contributed by atoms with E-state index in [-0.39, 0.29) is 18.4 Å². The van der Waals surface area contributed by atoms with Crippen LogP contribution in [0.5, 0.6) is 17.2 Å². The van der Waals surface area contributed by atoms with Crippen molar-refractivity contribution < 1.29 is 19.0 Å². The van der Waals surface area contributed by atoms with Crippen molar-refractivity contribution in [2.75, 3.05) is 20.8 Å². The Kier molecular flexibility index (Phi) is 7.89. The van der Waals surface area contributed by atoms with Crippen molar-refractivity contribution in [2.45, 2.75) is 32.8 Å². The van der Waals surface area contributed by atoms with Crippen molar-refractivity contribution >= 4 is 17.2 Å². The summed E-state index contributed by atoms with van der Waals surface area (Å²) in [6.45, 7) is 4.58. The van der Waals surface area contributed by atoms with Crippen LogP contribution in [-0.4, -0.2) is 37.8 Å². The third kappa shape index (κ3) is 6.46. The number of hydrogen-bond donors (Lipinski definition) is 1. The standard InChI is InChI=1S/C24H28N2O4S/c1-16(2)30-20-8-5-17(6-9-20)11-12-25-23(27)14-19-15-31-24(26-19)18-7-10-21(28-3)22(13-18)29-4/h5-10,13,15-16H,11-12,14H2,1-4H3,(H,25,27). The number of nitrogens with zero attached hydrogens (tertiary/aromatic N) is 1. The molecule has 6 nitrogen and oxygen atoms in total. The third-order valence-corrected chi connectivity index (χ3v) is 5.50. The molecule has 0 saturated carbocycles. The van der Waals surface area contributed by atoms with Crippen LogP contribution >= 0.6 is 11.3 Å². The zero-order valence-electron chi connectivity index (χ0n) is 18.3. The topological polar surface area (TPSA) is 69.7 Å². The second-order valence-electron chi connectivity index (χ2n) is 7.30. The zero-order valence-corrected chi connectivity index (χ0v) is 19.1. The van der Waals surface area contributed by atoms with Crippen LogP contribution in [0.3, 0.4) is 0 Å². The highest BCUT2D eigenvalue weighted by molar-refractivity contribution is 7.13. The van der Waals surface area contributed by atoms with Gasteiger partial charge in [0, 0.05) is 17.5 Å². The second-order valence-corrected chi connectivity index (χ2v) is 8.16. The Hall–Kier alpha value is -3.06. The first kappa shape index (κ1) is 22.6. The van der Waals surface area contributed by atoms with Crippen molar-refractivity contribution in [1.82, 2.24) is 10.3 Å². The summed E-state index contributed by atoms with van der Waals surface area (Å²) in [4.78, 5) is 16.9. The number of thiazole rings is 1. The maximum absolute atomic E-state index is 12.3. The fraction of sp³-hybridized carbons (Fsp3) is 0.333. The molecule has 7 heteroatoms. The quantitative estimate of drug-likeness (QED) is 0.502. The van der Waals surface area contributed by atoms with Gasteiger partial charge in [-0.1, -0.05) is 12.1 Å². The smallest absolute Gasteiger partial charge is 0.226 e. The van der Waals surface area contributed by atoms with Crippen LogP contribution < -0.4 is 19.5 Å². The molecule has 2 aromatic carbocycles. The van der Waals surface area contributed by atoms with Crippen molar-refractivity contribution in [3.63, 3.8) is 0 Å². The molecule has 1 N–H and O–H groups in total. The Morgan fingerprint density at radius 1 is 1.06 bits per heavy atom. The van der Waals surface area contributed by atoms with Crippen LogP contribution in [0, 0.1) is 0 Å². The number of ether oxygens (including phenoxy) is 3. The van der Waals surface area contributed by atoms with E-state index in [2.05, 4.69) is 10.3 Å². The summed E-state index contributed by atoms with van der Waals surface area (Å²) in [5.41, 5.74) is 2.84. The molecule has 0 spiro atoms. The zero-order chi connectivity index (χ0) is 22.2. The van der Waals surface area contributed by atoms with E-state index in [9.17, 15) is 4.79 Å². The summed E-state index contributed by atoms with van der Waals surface area (Å²) < 4.78 is 16.3. The third-order valence-electron chi connectivity index (χ3n) is 4.55.